The molecule has 0 spiro atoms. The summed E-state index contributed by atoms with van der Waals surface area (Å²) in [6.45, 7) is 3.78. The van der Waals surface area contributed by atoms with Crippen LogP contribution in [0.1, 0.15) is 55.8 Å². The number of carbonyl (C=O) groups excluding carboxylic acids is 1. The van der Waals surface area contributed by atoms with Crippen molar-refractivity contribution in [1.82, 2.24) is 5.32 Å². The Morgan fingerprint density at radius 1 is 1.10 bits per heavy atom. The van der Waals surface area contributed by atoms with Crippen LogP contribution in [-0.2, 0) is 27.7 Å². The van der Waals surface area contributed by atoms with Crippen LogP contribution in [0.5, 0.6) is 5.75 Å². The highest BCUT2D eigenvalue weighted by Gasteiger charge is 2.21. The first-order valence-corrected chi connectivity index (χ1v) is 12.7. The largest absolute Gasteiger partial charge is 0.481 e. The Morgan fingerprint density at radius 3 is 2.35 bits per heavy atom. The second-order valence-corrected chi connectivity index (χ2v) is 10.2. The summed E-state index contributed by atoms with van der Waals surface area (Å²) in [7, 11) is -1.83. The molecule has 0 radical (unpaired) electrons. The van der Waals surface area contributed by atoms with Crippen molar-refractivity contribution in [1.29, 1.82) is 0 Å². The summed E-state index contributed by atoms with van der Waals surface area (Å²) >= 11 is 0. The minimum Gasteiger partial charge on any atom is -0.481 e. The Labute approximate surface area is 185 Å². The molecule has 0 unspecified atom stereocenters. The molecule has 7 heteroatoms. The Kier molecular flexibility index (Phi) is 7.26. The predicted octanol–water partition coefficient (Wildman–Crippen LogP) is 4.00. The summed E-state index contributed by atoms with van der Waals surface area (Å²) in [4.78, 5) is 12.8. The van der Waals surface area contributed by atoms with E-state index in [4.69, 9.17) is 4.74 Å². The smallest absolute Gasteiger partial charge is 0.261 e. The van der Waals surface area contributed by atoms with Crippen LogP contribution in [0.3, 0.4) is 0 Å². The third kappa shape index (κ3) is 5.79. The standard InChI is InChI=1S/C24H32N2O4S/c1-5-23(20-11-10-18-8-6-7-9-19(18)16-20)25-24(27)17(2)30-22-14-12-21(13-15-22)26(3)31(4,28)29/h10-17,23H,5-9H2,1-4H3,(H,25,27)/t17-,23-/m0/s1. The number of ether oxygens (including phenoxy) is 1. The molecule has 1 aliphatic rings. The molecule has 2 atom stereocenters. The van der Waals surface area contributed by atoms with Gasteiger partial charge in [0.05, 0.1) is 18.0 Å². The number of fused-ring (bicyclic) bond motifs is 1. The monoisotopic (exact) mass is 444 g/mol. The van der Waals surface area contributed by atoms with Crippen molar-refractivity contribution in [3.8, 4) is 5.75 Å². The minimum atomic E-state index is -3.33. The van der Waals surface area contributed by atoms with Crippen LogP contribution < -0.4 is 14.4 Å². The minimum absolute atomic E-state index is 0.0587. The van der Waals surface area contributed by atoms with Crippen LogP contribution in [0.25, 0.3) is 0 Å². The van der Waals surface area contributed by atoms with Gasteiger partial charge in [-0.05, 0) is 80.0 Å². The molecular weight excluding hydrogens is 412 g/mol. The van der Waals surface area contributed by atoms with E-state index in [9.17, 15) is 13.2 Å². The molecule has 2 aromatic carbocycles. The van der Waals surface area contributed by atoms with Crippen LogP contribution in [0.15, 0.2) is 42.5 Å². The zero-order chi connectivity index (χ0) is 22.6. The fourth-order valence-electron chi connectivity index (χ4n) is 3.86. The number of nitrogens with zero attached hydrogens (tertiary/aromatic N) is 1. The molecule has 0 saturated heterocycles. The fraction of sp³-hybridized carbons (Fsp3) is 0.458. The van der Waals surface area contributed by atoms with Crippen molar-refractivity contribution >= 4 is 21.6 Å². The maximum atomic E-state index is 12.8. The highest BCUT2D eigenvalue weighted by molar-refractivity contribution is 7.92. The lowest BCUT2D eigenvalue weighted by Crippen LogP contribution is -2.38. The predicted molar refractivity (Wildman–Crippen MR) is 124 cm³/mol. The number of hydrogen-bond donors (Lipinski definition) is 1. The summed E-state index contributed by atoms with van der Waals surface area (Å²) in [6.07, 6.45) is 6.00. The zero-order valence-electron chi connectivity index (χ0n) is 18.7. The first-order valence-electron chi connectivity index (χ1n) is 10.8. The maximum Gasteiger partial charge on any atom is 0.261 e. The number of nitrogens with one attached hydrogen (secondary N) is 1. The second kappa shape index (κ2) is 9.73. The van der Waals surface area contributed by atoms with Crippen LogP contribution >= 0.6 is 0 Å². The molecule has 0 fully saturated rings. The number of aryl methyl sites for hydroxylation is 2. The maximum absolute atomic E-state index is 12.8. The number of amides is 1. The average molecular weight is 445 g/mol. The molecule has 0 aliphatic heterocycles. The number of rotatable bonds is 8. The molecule has 3 rings (SSSR count). The number of hydrogen-bond acceptors (Lipinski definition) is 4. The third-order valence-electron chi connectivity index (χ3n) is 5.88. The lowest BCUT2D eigenvalue weighted by Gasteiger charge is -2.23. The quantitative estimate of drug-likeness (QED) is 0.668. The summed E-state index contributed by atoms with van der Waals surface area (Å²) in [6, 6.07) is 13.2. The van der Waals surface area contributed by atoms with E-state index >= 15 is 0 Å². The van der Waals surface area contributed by atoms with Gasteiger partial charge in [0.1, 0.15) is 5.75 Å². The topological polar surface area (TPSA) is 75.7 Å². The second-order valence-electron chi connectivity index (χ2n) is 8.19. The molecule has 0 bridgehead atoms. The van der Waals surface area contributed by atoms with Gasteiger partial charge in [-0.2, -0.15) is 0 Å². The van der Waals surface area contributed by atoms with Crippen LogP contribution in [0, 0.1) is 0 Å². The van der Waals surface area contributed by atoms with Gasteiger partial charge in [-0.25, -0.2) is 8.42 Å². The van der Waals surface area contributed by atoms with E-state index in [0.717, 1.165) is 31.1 Å². The van der Waals surface area contributed by atoms with Crippen LogP contribution in [0.4, 0.5) is 5.69 Å². The van der Waals surface area contributed by atoms with E-state index in [1.165, 1.54) is 35.3 Å². The first kappa shape index (κ1) is 23.1. The van der Waals surface area contributed by atoms with Crippen molar-refractivity contribution < 1.29 is 17.9 Å². The first-order chi connectivity index (χ1) is 14.7. The van der Waals surface area contributed by atoms with E-state index in [-0.39, 0.29) is 11.9 Å². The number of anilines is 1. The lowest BCUT2D eigenvalue weighted by atomic mass is 9.89. The van der Waals surface area contributed by atoms with Gasteiger partial charge in [0, 0.05) is 7.05 Å². The van der Waals surface area contributed by atoms with E-state index < -0.39 is 16.1 Å². The van der Waals surface area contributed by atoms with Gasteiger partial charge in [0.25, 0.3) is 5.91 Å². The van der Waals surface area contributed by atoms with E-state index in [0.29, 0.717) is 11.4 Å². The third-order valence-corrected chi connectivity index (χ3v) is 7.09. The fourth-order valence-corrected chi connectivity index (χ4v) is 4.37. The molecule has 1 N–H and O–H groups in total. The summed E-state index contributed by atoms with van der Waals surface area (Å²) in [5.41, 5.74) is 4.50. The molecular formula is C24H32N2O4S. The van der Waals surface area contributed by atoms with E-state index in [1.807, 2.05) is 0 Å². The van der Waals surface area contributed by atoms with Gasteiger partial charge < -0.3 is 10.1 Å². The Morgan fingerprint density at radius 2 is 1.74 bits per heavy atom. The van der Waals surface area contributed by atoms with E-state index in [1.54, 1.807) is 31.2 Å². The summed E-state index contributed by atoms with van der Waals surface area (Å²) < 4.78 is 30.3. The molecule has 1 amide bonds. The van der Waals surface area contributed by atoms with E-state index in [2.05, 4.69) is 30.4 Å². The molecule has 6 nitrogen and oxygen atoms in total. The zero-order valence-corrected chi connectivity index (χ0v) is 19.5. The highest BCUT2D eigenvalue weighted by atomic mass is 32.2. The van der Waals surface area contributed by atoms with Gasteiger partial charge in [-0.1, -0.05) is 25.1 Å². The molecule has 0 aromatic heterocycles. The van der Waals surface area contributed by atoms with Gasteiger partial charge in [0.2, 0.25) is 10.0 Å². The molecule has 0 saturated carbocycles. The van der Waals surface area contributed by atoms with Crippen molar-refractivity contribution in [3.63, 3.8) is 0 Å². The SMILES string of the molecule is CC[C@H](NC(=O)[C@H](C)Oc1ccc(N(C)S(C)(=O)=O)cc1)c1ccc2c(c1)CCCC2. The average Bonchev–Trinajstić information content (AvgIpc) is 2.76. The Bertz CT molecular complexity index is 1020. The van der Waals surface area contributed by atoms with Crippen LogP contribution in [-0.4, -0.2) is 33.7 Å². The normalized spacial score (nSPS) is 15.5. The van der Waals surface area contributed by atoms with Crippen molar-refractivity contribution in [2.75, 3.05) is 17.6 Å². The van der Waals surface area contributed by atoms with Gasteiger partial charge >= 0.3 is 0 Å². The van der Waals surface area contributed by atoms with Crippen molar-refractivity contribution in [2.24, 2.45) is 0 Å². The molecule has 0 heterocycles. The Hall–Kier alpha value is -2.54. The van der Waals surface area contributed by atoms with Crippen LogP contribution in [0.2, 0.25) is 0 Å². The summed E-state index contributed by atoms with van der Waals surface area (Å²) in [5.74, 6) is 0.331. The molecule has 31 heavy (non-hydrogen) atoms. The van der Waals surface area contributed by atoms with Crippen molar-refractivity contribution in [2.45, 2.75) is 58.1 Å². The number of carbonyl (C=O) groups is 1. The van der Waals surface area contributed by atoms with Crippen molar-refractivity contribution in [3.05, 3.63) is 59.2 Å². The van der Waals surface area contributed by atoms with Gasteiger partial charge in [-0.3, -0.25) is 9.10 Å². The summed E-state index contributed by atoms with van der Waals surface area (Å²) in [5, 5.41) is 3.11. The van der Waals surface area contributed by atoms with Gasteiger partial charge in [0.15, 0.2) is 6.10 Å². The highest BCUT2D eigenvalue weighted by Crippen LogP contribution is 2.26. The molecule has 2 aromatic rings. The molecule has 1 aliphatic carbocycles. The number of sulfonamides is 1. The molecule has 168 valence electrons. The Balaban J connectivity index is 1.63. The lowest BCUT2D eigenvalue weighted by molar-refractivity contribution is -0.128. The number of benzene rings is 2. The van der Waals surface area contributed by atoms with Gasteiger partial charge in [-0.15, -0.1) is 0 Å².